The first kappa shape index (κ1) is 21.4. The molecule has 2 unspecified atom stereocenters. The summed E-state index contributed by atoms with van der Waals surface area (Å²) in [5.74, 6) is 0. The van der Waals surface area contributed by atoms with Gasteiger partial charge in [-0.05, 0) is 41.8 Å². The molecule has 0 aliphatic carbocycles. The van der Waals surface area contributed by atoms with Gasteiger partial charge < -0.3 is 9.47 Å². The van der Waals surface area contributed by atoms with Gasteiger partial charge in [-0.1, -0.05) is 36.9 Å². The zero-order chi connectivity index (χ0) is 21.4. The molecule has 0 N–H and O–H groups in total. The molecule has 3 rings (SSSR count). The van der Waals surface area contributed by atoms with E-state index in [1.807, 2.05) is 25.1 Å². The summed E-state index contributed by atoms with van der Waals surface area (Å²) in [6.45, 7) is 5.06. The van der Waals surface area contributed by atoms with E-state index in [0.29, 0.717) is 12.1 Å². The maximum absolute atomic E-state index is 13.0. The third-order valence-corrected chi connectivity index (χ3v) is 4.80. The maximum Gasteiger partial charge on any atom is 0.416 e. The lowest BCUT2D eigenvalue weighted by molar-refractivity contribution is -0.143. The van der Waals surface area contributed by atoms with Gasteiger partial charge >= 0.3 is 12.4 Å². The number of hydrogen-bond acceptors (Lipinski definition) is 2. The summed E-state index contributed by atoms with van der Waals surface area (Å²) in [7, 11) is 0. The number of halogens is 6. The zero-order valence-electron chi connectivity index (χ0n) is 15.4. The van der Waals surface area contributed by atoms with Crippen molar-refractivity contribution in [2.45, 2.75) is 37.6 Å². The number of rotatable bonds is 5. The predicted octanol–water partition coefficient (Wildman–Crippen LogP) is 6.41. The van der Waals surface area contributed by atoms with Crippen LogP contribution in [0.25, 0.3) is 0 Å². The van der Waals surface area contributed by atoms with Crippen molar-refractivity contribution in [1.82, 2.24) is 0 Å². The fraction of sp³-hybridized carbons (Fsp3) is 0.333. The summed E-state index contributed by atoms with van der Waals surface area (Å²) in [4.78, 5) is 0. The molecule has 0 spiro atoms. The van der Waals surface area contributed by atoms with Crippen LogP contribution in [0.5, 0.6) is 0 Å². The molecule has 1 heterocycles. The first-order valence-electron chi connectivity index (χ1n) is 8.73. The van der Waals surface area contributed by atoms with E-state index < -0.39 is 35.7 Å². The van der Waals surface area contributed by atoms with Crippen LogP contribution in [0.3, 0.4) is 0 Å². The second-order valence-corrected chi connectivity index (χ2v) is 6.85. The van der Waals surface area contributed by atoms with E-state index in [-0.39, 0.29) is 24.3 Å². The summed E-state index contributed by atoms with van der Waals surface area (Å²) in [6, 6.07) is 8.76. The lowest BCUT2D eigenvalue weighted by Crippen LogP contribution is -2.29. The molecule has 156 valence electrons. The molecule has 0 fully saturated rings. The summed E-state index contributed by atoms with van der Waals surface area (Å²) < 4.78 is 89.4. The molecule has 1 aliphatic rings. The third-order valence-electron chi connectivity index (χ3n) is 4.80. The first-order chi connectivity index (χ1) is 13.5. The van der Waals surface area contributed by atoms with E-state index in [9.17, 15) is 26.3 Å². The average molecular weight is 416 g/mol. The molecule has 2 aromatic carbocycles. The lowest BCUT2D eigenvalue weighted by atomic mass is 9.92. The minimum absolute atomic E-state index is 0.0900. The molecular formula is C21H18F6O2. The lowest BCUT2D eigenvalue weighted by Gasteiger charge is -2.26. The molecule has 0 amide bonds. The normalized spacial score (nSPS) is 21.8. The van der Waals surface area contributed by atoms with Gasteiger partial charge in [0, 0.05) is 0 Å². The smallest absolute Gasteiger partial charge is 0.373 e. The number of hydrogen-bond donors (Lipinski definition) is 0. The average Bonchev–Trinajstić information content (AvgIpc) is 2.93. The van der Waals surface area contributed by atoms with E-state index >= 15 is 0 Å². The van der Waals surface area contributed by atoms with Gasteiger partial charge in [0.05, 0.1) is 30.4 Å². The molecule has 0 aromatic heterocycles. The Morgan fingerprint density at radius 2 is 1.62 bits per heavy atom. The topological polar surface area (TPSA) is 18.5 Å². The Labute approximate surface area is 163 Å². The number of benzene rings is 2. The van der Waals surface area contributed by atoms with Gasteiger partial charge in [-0.2, -0.15) is 26.3 Å². The van der Waals surface area contributed by atoms with Crippen LogP contribution in [0.15, 0.2) is 55.1 Å². The Balaban J connectivity index is 1.82. The highest BCUT2D eigenvalue weighted by Gasteiger charge is 2.41. The molecule has 2 aromatic rings. The standard InChI is InChI=1S/C21H18F6O2/c1-3-19(18-7-5-4-6-17(18)13(2)29-19)12-28-11-14-8-15(20(22,23)24)10-16(9-14)21(25,26)27/h3-10,13H,1,11-12H2,2H3. The second kappa shape index (κ2) is 7.50. The first-order valence-corrected chi connectivity index (χ1v) is 8.73. The van der Waals surface area contributed by atoms with Crippen LogP contribution in [0.1, 0.15) is 40.8 Å². The van der Waals surface area contributed by atoms with Gasteiger partial charge in [-0.3, -0.25) is 0 Å². The second-order valence-electron chi connectivity index (χ2n) is 6.85. The Morgan fingerprint density at radius 3 is 2.17 bits per heavy atom. The number of ether oxygens (including phenoxy) is 2. The molecule has 29 heavy (non-hydrogen) atoms. The maximum atomic E-state index is 13.0. The van der Waals surface area contributed by atoms with Gasteiger partial charge in [0.25, 0.3) is 0 Å². The van der Waals surface area contributed by atoms with Crippen molar-refractivity contribution in [1.29, 1.82) is 0 Å². The Bertz CT molecular complexity index is 871. The zero-order valence-corrected chi connectivity index (χ0v) is 15.4. The predicted molar refractivity (Wildman–Crippen MR) is 93.9 cm³/mol. The molecule has 2 nitrogen and oxygen atoms in total. The Kier molecular flexibility index (Phi) is 5.53. The van der Waals surface area contributed by atoms with Gasteiger partial charge in [0.1, 0.15) is 5.60 Å². The van der Waals surface area contributed by atoms with E-state index in [2.05, 4.69) is 6.58 Å². The minimum Gasteiger partial charge on any atom is -0.373 e. The van der Waals surface area contributed by atoms with Crippen LogP contribution in [-0.2, 0) is 34.0 Å². The van der Waals surface area contributed by atoms with Crippen LogP contribution >= 0.6 is 0 Å². The molecule has 0 saturated carbocycles. The third kappa shape index (κ3) is 4.33. The van der Waals surface area contributed by atoms with Crippen molar-refractivity contribution in [3.8, 4) is 0 Å². The Hall–Kier alpha value is -2.32. The van der Waals surface area contributed by atoms with Crippen molar-refractivity contribution < 1.29 is 35.8 Å². The molecule has 0 bridgehead atoms. The quantitative estimate of drug-likeness (QED) is 0.414. The van der Waals surface area contributed by atoms with Gasteiger partial charge in [-0.15, -0.1) is 0 Å². The summed E-state index contributed by atoms with van der Waals surface area (Å²) in [5.41, 5.74) is -2.27. The van der Waals surface area contributed by atoms with Crippen molar-refractivity contribution in [3.63, 3.8) is 0 Å². The van der Waals surface area contributed by atoms with Crippen molar-refractivity contribution in [3.05, 3.63) is 82.9 Å². The molecule has 0 saturated heterocycles. The van der Waals surface area contributed by atoms with E-state index in [1.54, 1.807) is 6.07 Å². The molecule has 2 atom stereocenters. The van der Waals surface area contributed by atoms with Gasteiger partial charge in [0.15, 0.2) is 0 Å². The molecular weight excluding hydrogens is 398 g/mol. The fourth-order valence-electron chi connectivity index (χ4n) is 3.43. The highest BCUT2D eigenvalue weighted by Crippen LogP contribution is 2.44. The largest absolute Gasteiger partial charge is 0.416 e. The Morgan fingerprint density at radius 1 is 1.03 bits per heavy atom. The molecule has 0 radical (unpaired) electrons. The molecule has 8 heteroatoms. The van der Waals surface area contributed by atoms with Gasteiger partial charge in [0.2, 0.25) is 0 Å². The minimum atomic E-state index is -4.90. The van der Waals surface area contributed by atoms with Crippen LogP contribution in [-0.4, -0.2) is 6.61 Å². The van der Waals surface area contributed by atoms with E-state index in [0.717, 1.165) is 11.1 Å². The summed E-state index contributed by atoms with van der Waals surface area (Å²) >= 11 is 0. The summed E-state index contributed by atoms with van der Waals surface area (Å²) in [5, 5.41) is 0. The van der Waals surface area contributed by atoms with Crippen LogP contribution in [0, 0.1) is 0 Å². The van der Waals surface area contributed by atoms with Crippen LogP contribution in [0.4, 0.5) is 26.3 Å². The van der Waals surface area contributed by atoms with Crippen molar-refractivity contribution >= 4 is 0 Å². The van der Waals surface area contributed by atoms with Crippen molar-refractivity contribution in [2.24, 2.45) is 0 Å². The fourth-order valence-corrected chi connectivity index (χ4v) is 3.43. The monoisotopic (exact) mass is 416 g/mol. The van der Waals surface area contributed by atoms with Crippen LogP contribution in [0.2, 0.25) is 0 Å². The van der Waals surface area contributed by atoms with E-state index in [1.165, 1.54) is 6.08 Å². The molecule has 1 aliphatic heterocycles. The van der Waals surface area contributed by atoms with Gasteiger partial charge in [-0.25, -0.2) is 0 Å². The number of fused-ring (bicyclic) bond motifs is 1. The summed E-state index contributed by atoms with van der Waals surface area (Å²) in [6.07, 6.45) is -8.52. The highest BCUT2D eigenvalue weighted by molar-refractivity contribution is 5.41. The van der Waals surface area contributed by atoms with Crippen molar-refractivity contribution in [2.75, 3.05) is 6.61 Å². The number of alkyl halides is 6. The van der Waals surface area contributed by atoms with Crippen LogP contribution < -0.4 is 0 Å². The SMILES string of the molecule is C=CC1(COCc2cc(C(F)(F)F)cc(C(F)(F)F)c2)OC(C)c2ccccc21. The highest BCUT2D eigenvalue weighted by atomic mass is 19.4. The van der Waals surface area contributed by atoms with E-state index in [4.69, 9.17) is 9.47 Å².